The van der Waals surface area contributed by atoms with E-state index in [0.717, 1.165) is 29.7 Å². The van der Waals surface area contributed by atoms with Crippen LogP contribution >= 0.6 is 0 Å². The van der Waals surface area contributed by atoms with Crippen molar-refractivity contribution in [3.63, 3.8) is 0 Å². The van der Waals surface area contributed by atoms with Gasteiger partial charge in [0.05, 0.1) is 0 Å². The van der Waals surface area contributed by atoms with Crippen LogP contribution in [0.4, 0.5) is 8.78 Å². The maximum absolute atomic E-state index is 13.9. The van der Waals surface area contributed by atoms with Crippen molar-refractivity contribution in [2.75, 3.05) is 0 Å². The summed E-state index contributed by atoms with van der Waals surface area (Å²) in [6.45, 7) is 4.45. The van der Waals surface area contributed by atoms with Gasteiger partial charge in [-0.3, -0.25) is 9.59 Å². The summed E-state index contributed by atoms with van der Waals surface area (Å²) in [4.78, 5) is 25.1. The molecule has 0 fully saturated rings. The van der Waals surface area contributed by atoms with Gasteiger partial charge < -0.3 is 10.6 Å². The predicted molar refractivity (Wildman–Crippen MR) is 125 cm³/mol. The van der Waals surface area contributed by atoms with Gasteiger partial charge in [0, 0.05) is 36.7 Å². The topological polar surface area (TPSA) is 58.2 Å². The summed E-state index contributed by atoms with van der Waals surface area (Å²) in [6, 6.07) is 18.0. The van der Waals surface area contributed by atoms with Crippen LogP contribution in [0.2, 0.25) is 0 Å². The second-order valence-corrected chi connectivity index (χ2v) is 8.33. The van der Waals surface area contributed by atoms with Gasteiger partial charge in [-0.15, -0.1) is 0 Å². The van der Waals surface area contributed by atoms with Gasteiger partial charge in [0.15, 0.2) is 0 Å². The highest BCUT2D eigenvalue weighted by Crippen LogP contribution is 2.27. The summed E-state index contributed by atoms with van der Waals surface area (Å²) in [5.74, 6) is -1.30. The molecule has 3 aromatic carbocycles. The van der Waals surface area contributed by atoms with E-state index in [4.69, 9.17) is 0 Å². The number of carbonyl (C=O) groups is 2. The molecule has 0 unspecified atom stereocenters. The van der Waals surface area contributed by atoms with Gasteiger partial charge in [-0.05, 0) is 41.2 Å². The van der Waals surface area contributed by atoms with Gasteiger partial charge >= 0.3 is 0 Å². The Morgan fingerprint density at radius 2 is 1.48 bits per heavy atom. The minimum atomic E-state index is -0.706. The molecule has 2 N–H and O–H groups in total. The Labute approximate surface area is 193 Å². The maximum atomic E-state index is 13.9. The third kappa shape index (κ3) is 6.72. The average molecular weight is 451 g/mol. The molecule has 0 aliphatic heterocycles. The Balaban J connectivity index is 1.77. The van der Waals surface area contributed by atoms with Crippen LogP contribution in [0.1, 0.15) is 48.2 Å². The van der Waals surface area contributed by atoms with Crippen molar-refractivity contribution in [3.8, 4) is 11.1 Å². The number of rotatable bonds is 9. The average Bonchev–Trinajstić information content (AvgIpc) is 2.81. The highest BCUT2D eigenvalue weighted by atomic mass is 19.1. The van der Waals surface area contributed by atoms with Crippen molar-refractivity contribution in [1.29, 1.82) is 0 Å². The van der Waals surface area contributed by atoms with Crippen LogP contribution in [-0.4, -0.2) is 11.8 Å². The van der Waals surface area contributed by atoms with E-state index in [9.17, 15) is 18.4 Å². The molecule has 0 saturated heterocycles. The first kappa shape index (κ1) is 24.1. The molecule has 3 rings (SSSR count). The van der Waals surface area contributed by atoms with Crippen molar-refractivity contribution in [3.05, 3.63) is 95.1 Å². The fourth-order valence-electron chi connectivity index (χ4n) is 3.49. The fraction of sp³-hybridized carbons (Fsp3) is 0.259. The van der Waals surface area contributed by atoms with Gasteiger partial charge in [-0.25, -0.2) is 8.78 Å². The minimum absolute atomic E-state index is 0.00847. The number of amides is 2. The summed E-state index contributed by atoms with van der Waals surface area (Å²) in [5.41, 5.74) is 3.06. The van der Waals surface area contributed by atoms with Crippen molar-refractivity contribution < 1.29 is 18.4 Å². The zero-order valence-electron chi connectivity index (χ0n) is 18.8. The molecule has 0 heterocycles. The lowest BCUT2D eigenvalue weighted by Crippen LogP contribution is -2.24. The highest BCUT2D eigenvalue weighted by molar-refractivity contribution is 6.01. The van der Waals surface area contributed by atoms with Gasteiger partial charge in [0.25, 0.3) is 5.91 Å². The molecule has 33 heavy (non-hydrogen) atoms. The smallest absolute Gasteiger partial charge is 0.252 e. The molecule has 3 aromatic rings. The molecule has 0 atom stereocenters. The third-order valence-corrected chi connectivity index (χ3v) is 5.36. The number of benzene rings is 3. The Hall–Kier alpha value is -3.54. The quantitative estimate of drug-likeness (QED) is 0.445. The van der Waals surface area contributed by atoms with Crippen LogP contribution in [0.15, 0.2) is 66.7 Å². The standard InChI is InChI=1S/C27H28F2N2O2/c1-18(2)11-14-26(32)30-16-19-7-3-4-8-22(19)23-9-5-6-10-24(23)27(33)31-17-20-12-13-21(28)15-25(20)29/h3-10,12-13,15,18H,11,14,16-17H2,1-2H3,(H,30,32)(H,31,33). The van der Waals surface area contributed by atoms with E-state index in [1.165, 1.54) is 6.07 Å². The van der Waals surface area contributed by atoms with E-state index < -0.39 is 11.6 Å². The molecule has 0 radical (unpaired) electrons. The summed E-state index contributed by atoms with van der Waals surface area (Å²) in [5, 5.41) is 5.67. The maximum Gasteiger partial charge on any atom is 0.252 e. The number of halogens is 2. The van der Waals surface area contributed by atoms with E-state index in [1.807, 2.05) is 36.4 Å². The second-order valence-electron chi connectivity index (χ2n) is 8.33. The Morgan fingerprint density at radius 3 is 2.21 bits per heavy atom. The van der Waals surface area contributed by atoms with Crippen LogP contribution < -0.4 is 10.6 Å². The van der Waals surface area contributed by atoms with Crippen molar-refractivity contribution >= 4 is 11.8 Å². The lowest BCUT2D eigenvalue weighted by molar-refractivity contribution is -0.121. The minimum Gasteiger partial charge on any atom is -0.352 e. The largest absolute Gasteiger partial charge is 0.352 e. The first-order valence-corrected chi connectivity index (χ1v) is 11.0. The van der Waals surface area contributed by atoms with E-state index in [0.29, 0.717) is 30.0 Å². The zero-order valence-corrected chi connectivity index (χ0v) is 18.8. The van der Waals surface area contributed by atoms with Gasteiger partial charge in [-0.2, -0.15) is 0 Å². The Morgan fingerprint density at radius 1 is 0.818 bits per heavy atom. The van der Waals surface area contributed by atoms with Crippen molar-refractivity contribution in [2.24, 2.45) is 5.92 Å². The fourth-order valence-corrected chi connectivity index (χ4v) is 3.49. The molecule has 4 nitrogen and oxygen atoms in total. The summed E-state index contributed by atoms with van der Waals surface area (Å²) in [6.07, 6.45) is 1.30. The molecule has 0 aromatic heterocycles. The summed E-state index contributed by atoms with van der Waals surface area (Å²) >= 11 is 0. The molecule has 0 spiro atoms. The van der Waals surface area contributed by atoms with E-state index in [1.54, 1.807) is 12.1 Å². The monoisotopic (exact) mass is 450 g/mol. The lowest BCUT2D eigenvalue weighted by atomic mass is 9.94. The summed E-state index contributed by atoms with van der Waals surface area (Å²) in [7, 11) is 0. The molecular formula is C27H28F2N2O2. The van der Waals surface area contributed by atoms with Gasteiger partial charge in [0.1, 0.15) is 11.6 Å². The van der Waals surface area contributed by atoms with Crippen molar-refractivity contribution in [1.82, 2.24) is 10.6 Å². The molecule has 2 amide bonds. The molecule has 172 valence electrons. The summed E-state index contributed by atoms with van der Waals surface area (Å²) < 4.78 is 27.1. The van der Waals surface area contributed by atoms with Crippen molar-refractivity contribution in [2.45, 2.75) is 39.8 Å². The molecule has 0 saturated carbocycles. The lowest BCUT2D eigenvalue weighted by Gasteiger charge is -2.15. The zero-order chi connectivity index (χ0) is 23.8. The van der Waals surface area contributed by atoms with Crippen LogP contribution in [-0.2, 0) is 17.9 Å². The third-order valence-electron chi connectivity index (χ3n) is 5.36. The Kier molecular flexibility index (Phi) is 8.30. The van der Waals surface area contributed by atoms with E-state index in [-0.39, 0.29) is 23.9 Å². The van der Waals surface area contributed by atoms with Gasteiger partial charge in [0.2, 0.25) is 5.91 Å². The Bertz CT molecular complexity index is 1130. The molecule has 0 aliphatic carbocycles. The van der Waals surface area contributed by atoms with Crippen LogP contribution in [0.25, 0.3) is 11.1 Å². The predicted octanol–water partition coefficient (Wildman–Crippen LogP) is 5.61. The highest BCUT2D eigenvalue weighted by Gasteiger charge is 2.16. The first-order chi connectivity index (χ1) is 15.8. The first-order valence-electron chi connectivity index (χ1n) is 11.0. The molecule has 6 heteroatoms. The molecule has 0 aliphatic rings. The van der Waals surface area contributed by atoms with Gasteiger partial charge in [-0.1, -0.05) is 62.4 Å². The molecular weight excluding hydrogens is 422 g/mol. The second kappa shape index (κ2) is 11.4. The molecule has 0 bridgehead atoms. The number of nitrogens with one attached hydrogen (secondary N) is 2. The number of hydrogen-bond acceptors (Lipinski definition) is 2. The van der Waals surface area contributed by atoms with Crippen LogP contribution in [0, 0.1) is 17.6 Å². The number of carbonyl (C=O) groups excluding carboxylic acids is 2. The van der Waals surface area contributed by atoms with Crippen LogP contribution in [0.5, 0.6) is 0 Å². The SMILES string of the molecule is CC(C)CCC(=O)NCc1ccccc1-c1ccccc1C(=O)NCc1ccc(F)cc1F. The van der Waals surface area contributed by atoms with E-state index in [2.05, 4.69) is 24.5 Å². The van der Waals surface area contributed by atoms with E-state index >= 15 is 0 Å². The number of hydrogen-bond donors (Lipinski definition) is 2. The normalized spacial score (nSPS) is 10.8. The van der Waals surface area contributed by atoms with Crippen LogP contribution in [0.3, 0.4) is 0 Å².